The first-order valence-electron chi connectivity index (χ1n) is 9.90. The molecular formula is C19H28N6O3. The highest BCUT2D eigenvalue weighted by atomic mass is 16.5. The lowest BCUT2D eigenvalue weighted by Gasteiger charge is -2.31. The number of carbonyl (C=O) groups is 1. The van der Waals surface area contributed by atoms with Crippen LogP contribution >= 0.6 is 0 Å². The molecule has 0 radical (unpaired) electrons. The van der Waals surface area contributed by atoms with Crippen molar-refractivity contribution in [2.45, 2.75) is 71.8 Å². The third-order valence-corrected chi connectivity index (χ3v) is 5.92. The minimum Gasteiger partial charge on any atom is -0.392 e. The van der Waals surface area contributed by atoms with Gasteiger partial charge in [-0.2, -0.15) is 0 Å². The molecule has 1 amide bonds. The van der Waals surface area contributed by atoms with Crippen molar-refractivity contribution < 1.29 is 14.4 Å². The highest BCUT2D eigenvalue weighted by Gasteiger charge is 2.38. The van der Waals surface area contributed by atoms with E-state index in [0.717, 1.165) is 22.9 Å². The molecule has 28 heavy (non-hydrogen) atoms. The SMILES string of the molecule is Cc1noc(C)c1CC(=O)N1CCn2c(nnc2[C@@H]2C[C@H](O)CN2C(C)C)C1. The normalized spacial score (nSPS) is 22.9. The number of hydrogen-bond acceptors (Lipinski definition) is 7. The van der Waals surface area contributed by atoms with Crippen LogP contribution in [0.25, 0.3) is 0 Å². The number of amides is 1. The Labute approximate surface area is 164 Å². The second-order valence-electron chi connectivity index (χ2n) is 8.12. The van der Waals surface area contributed by atoms with Crippen LogP contribution in [0.3, 0.4) is 0 Å². The Balaban J connectivity index is 1.49. The molecule has 9 heteroatoms. The first kappa shape index (κ1) is 19.1. The van der Waals surface area contributed by atoms with Crippen molar-refractivity contribution in [3.8, 4) is 0 Å². The topological polar surface area (TPSA) is 101 Å². The lowest BCUT2D eigenvalue weighted by Crippen LogP contribution is -2.40. The van der Waals surface area contributed by atoms with Gasteiger partial charge in [0.05, 0.1) is 30.8 Å². The van der Waals surface area contributed by atoms with Gasteiger partial charge in [-0.25, -0.2) is 0 Å². The molecule has 0 unspecified atom stereocenters. The van der Waals surface area contributed by atoms with Crippen molar-refractivity contribution in [3.63, 3.8) is 0 Å². The zero-order chi connectivity index (χ0) is 20.0. The van der Waals surface area contributed by atoms with Crippen LogP contribution in [0.2, 0.25) is 0 Å². The average molecular weight is 388 g/mol. The predicted molar refractivity (Wildman–Crippen MR) is 100 cm³/mol. The third kappa shape index (κ3) is 3.33. The first-order chi connectivity index (χ1) is 13.3. The van der Waals surface area contributed by atoms with Crippen molar-refractivity contribution in [1.29, 1.82) is 0 Å². The van der Waals surface area contributed by atoms with E-state index < -0.39 is 0 Å². The first-order valence-corrected chi connectivity index (χ1v) is 9.90. The lowest BCUT2D eigenvalue weighted by molar-refractivity contribution is -0.132. The monoisotopic (exact) mass is 388 g/mol. The number of aliphatic hydroxyl groups excluding tert-OH is 1. The predicted octanol–water partition coefficient (Wildman–Crippen LogP) is 0.984. The molecule has 2 aliphatic rings. The Morgan fingerprint density at radius 2 is 2.07 bits per heavy atom. The average Bonchev–Trinajstić information content (AvgIpc) is 3.33. The fourth-order valence-corrected chi connectivity index (χ4v) is 4.32. The smallest absolute Gasteiger partial charge is 0.227 e. The molecule has 152 valence electrons. The molecule has 0 saturated carbocycles. The number of aliphatic hydroxyl groups is 1. The molecule has 2 aliphatic heterocycles. The Morgan fingerprint density at radius 3 is 2.75 bits per heavy atom. The van der Waals surface area contributed by atoms with E-state index in [1.54, 1.807) is 0 Å². The van der Waals surface area contributed by atoms with Gasteiger partial charge in [0.15, 0.2) is 11.6 Å². The van der Waals surface area contributed by atoms with Crippen LogP contribution in [0.5, 0.6) is 0 Å². The zero-order valence-electron chi connectivity index (χ0n) is 16.9. The molecule has 2 atom stereocenters. The molecule has 0 spiro atoms. The van der Waals surface area contributed by atoms with Crippen LogP contribution in [-0.4, -0.2) is 66.0 Å². The van der Waals surface area contributed by atoms with Crippen molar-refractivity contribution in [3.05, 3.63) is 28.7 Å². The summed E-state index contributed by atoms with van der Waals surface area (Å²) in [5.41, 5.74) is 1.63. The maximum Gasteiger partial charge on any atom is 0.227 e. The summed E-state index contributed by atoms with van der Waals surface area (Å²) in [7, 11) is 0. The summed E-state index contributed by atoms with van der Waals surface area (Å²) >= 11 is 0. The zero-order valence-corrected chi connectivity index (χ0v) is 16.9. The maximum atomic E-state index is 12.8. The Morgan fingerprint density at radius 1 is 1.29 bits per heavy atom. The van der Waals surface area contributed by atoms with Crippen LogP contribution in [-0.2, 0) is 24.3 Å². The molecule has 0 aliphatic carbocycles. The fourth-order valence-electron chi connectivity index (χ4n) is 4.32. The van der Waals surface area contributed by atoms with Gasteiger partial charge >= 0.3 is 0 Å². The number of aromatic nitrogens is 4. The van der Waals surface area contributed by atoms with Gasteiger partial charge in [0, 0.05) is 31.2 Å². The number of fused-ring (bicyclic) bond motifs is 1. The van der Waals surface area contributed by atoms with Gasteiger partial charge in [-0.15, -0.1) is 10.2 Å². The Bertz CT molecular complexity index is 854. The summed E-state index contributed by atoms with van der Waals surface area (Å²) in [6.07, 6.45) is 0.625. The van der Waals surface area contributed by atoms with Crippen molar-refractivity contribution in [2.24, 2.45) is 0 Å². The van der Waals surface area contributed by atoms with E-state index >= 15 is 0 Å². The number of rotatable bonds is 4. The number of aryl methyl sites for hydroxylation is 2. The number of β-amino-alcohol motifs (C(OH)–C–C–N with tert-alkyl or cyclic N) is 1. The molecule has 2 aromatic rings. The summed E-state index contributed by atoms with van der Waals surface area (Å²) < 4.78 is 7.29. The third-order valence-electron chi connectivity index (χ3n) is 5.92. The molecule has 9 nitrogen and oxygen atoms in total. The molecular weight excluding hydrogens is 360 g/mol. The van der Waals surface area contributed by atoms with Gasteiger partial charge < -0.3 is 19.1 Å². The number of nitrogens with zero attached hydrogens (tertiary/aromatic N) is 6. The molecule has 2 aromatic heterocycles. The number of carbonyl (C=O) groups excluding carboxylic acids is 1. The summed E-state index contributed by atoms with van der Waals surface area (Å²) in [6, 6.07) is 0.396. The van der Waals surface area contributed by atoms with E-state index in [9.17, 15) is 9.90 Å². The van der Waals surface area contributed by atoms with Gasteiger partial charge in [-0.1, -0.05) is 5.16 Å². The van der Waals surface area contributed by atoms with Gasteiger partial charge in [-0.3, -0.25) is 9.69 Å². The van der Waals surface area contributed by atoms with Gasteiger partial charge in [0.1, 0.15) is 5.76 Å². The summed E-state index contributed by atoms with van der Waals surface area (Å²) in [6.45, 7) is 10.4. The van der Waals surface area contributed by atoms with Crippen LogP contribution in [0.1, 0.15) is 55.0 Å². The van der Waals surface area contributed by atoms with Crippen molar-refractivity contribution in [2.75, 3.05) is 13.1 Å². The standard InChI is InChI=1S/C19H28N6O3/c1-11(2)25-9-14(26)7-16(25)19-21-20-17-10-23(5-6-24(17)19)18(27)8-15-12(3)22-28-13(15)4/h11,14,16,26H,5-10H2,1-4H3/t14-,16-/m0/s1. The molecule has 4 heterocycles. The molecule has 4 rings (SSSR count). The quantitative estimate of drug-likeness (QED) is 0.833. The largest absolute Gasteiger partial charge is 0.392 e. The van der Waals surface area contributed by atoms with Crippen LogP contribution in [0.15, 0.2) is 4.52 Å². The van der Waals surface area contributed by atoms with E-state index in [1.807, 2.05) is 18.7 Å². The minimum atomic E-state index is -0.336. The van der Waals surface area contributed by atoms with E-state index in [4.69, 9.17) is 4.52 Å². The Kier molecular flexibility index (Phi) is 4.96. The van der Waals surface area contributed by atoms with E-state index in [-0.39, 0.29) is 24.5 Å². The molecule has 0 aromatic carbocycles. The summed E-state index contributed by atoms with van der Waals surface area (Å²) in [4.78, 5) is 16.9. The van der Waals surface area contributed by atoms with E-state index in [1.165, 1.54) is 0 Å². The number of likely N-dealkylation sites (tertiary alicyclic amines) is 1. The van der Waals surface area contributed by atoms with E-state index in [2.05, 4.69) is 38.7 Å². The summed E-state index contributed by atoms with van der Waals surface area (Å²) in [5.74, 6) is 2.45. The maximum absolute atomic E-state index is 12.8. The highest BCUT2D eigenvalue weighted by molar-refractivity contribution is 5.79. The van der Waals surface area contributed by atoms with Crippen LogP contribution < -0.4 is 0 Å². The Hall–Kier alpha value is -2.26. The van der Waals surface area contributed by atoms with Gasteiger partial charge in [0.25, 0.3) is 0 Å². The second kappa shape index (κ2) is 7.29. The van der Waals surface area contributed by atoms with Crippen molar-refractivity contribution >= 4 is 5.91 Å². The molecule has 1 fully saturated rings. The van der Waals surface area contributed by atoms with Crippen molar-refractivity contribution in [1.82, 2.24) is 29.7 Å². The van der Waals surface area contributed by atoms with Crippen LogP contribution in [0, 0.1) is 13.8 Å². The van der Waals surface area contributed by atoms with E-state index in [0.29, 0.717) is 44.4 Å². The fraction of sp³-hybridized carbons (Fsp3) is 0.684. The van der Waals surface area contributed by atoms with Gasteiger partial charge in [0.2, 0.25) is 5.91 Å². The highest BCUT2D eigenvalue weighted by Crippen LogP contribution is 2.33. The van der Waals surface area contributed by atoms with Crippen LogP contribution in [0.4, 0.5) is 0 Å². The second-order valence-corrected chi connectivity index (χ2v) is 8.12. The number of hydrogen-bond donors (Lipinski definition) is 1. The molecule has 1 N–H and O–H groups in total. The minimum absolute atomic E-state index is 0.0466. The summed E-state index contributed by atoms with van der Waals surface area (Å²) in [5, 5.41) is 22.9. The lowest BCUT2D eigenvalue weighted by atomic mass is 10.1. The van der Waals surface area contributed by atoms with Gasteiger partial charge in [-0.05, 0) is 34.1 Å². The molecule has 0 bridgehead atoms. The molecule has 1 saturated heterocycles.